The van der Waals surface area contributed by atoms with Crippen LogP contribution in [0.4, 0.5) is 22.7 Å². The van der Waals surface area contributed by atoms with Crippen molar-refractivity contribution < 1.29 is 0 Å². The SMILES string of the molecule is CN(CCN(C)c1ccc(N=[N+]=[N-])cc1)c1ccc(N=[N+]=[N-])cc1. The Morgan fingerprint density at radius 2 is 1.04 bits per heavy atom. The van der Waals surface area contributed by atoms with Gasteiger partial charge in [0.25, 0.3) is 0 Å². The fourth-order valence-corrected chi connectivity index (χ4v) is 2.21. The molecular weight excluding hydrogens is 304 g/mol. The molecule has 24 heavy (non-hydrogen) atoms. The van der Waals surface area contributed by atoms with E-state index in [1.165, 1.54) is 0 Å². The van der Waals surface area contributed by atoms with E-state index in [9.17, 15) is 0 Å². The minimum atomic E-state index is 0.604. The third kappa shape index (κ3) is 4.58. The first-order valence-corrected chi connectivity index (χ1v) is 7.36. The molecule has 0 unspecified atom stereocenters. The average molecular weight is 322 g/mol. The molecule has 0 atom stereocenters. The van der Waals surface area contributed by atoms with Gasteiger partial charge in [0.2, 0.25) is 0 Å². The van der Waals surface area contributed by atoms with Crippen LogP contribution >= 0.6 is 0 Å². The lowest BCUT2D eigenvalue weighted by molar-refractivity contribution is 0.833. The molecule has 0 radical (unpaired) electrons. The summed E-state index contributed by atoms with van der Waals surface area (Å²) in [4.78, 5) is 9.80. The summed E-state index contributed by atoms with van der Waals surface area (Å²) in [6.07, 6.45) is 0. The van der Waals surface area contributed by atoms with Crippen LogP contribution in [-0.2, 0) is 0 Å². The van der Waals surface area contributed by atoms with Crippen molar-refractivity contribution in [1.82, 2.24) is 0 Å². The van der Waals surface area contributed by atoms with Crippen LogP contribution in [0.5, 0.6) is 0 Å². The van der Waals surface area contributed by atoms with Gasteiger partial charge in [0.05, 0.1) is 0 Å². The van der Waals surface area contributed by atoms with Crippen molar-refractivity contribution >= 4 is 22.7 Å². The summed E-state index contributed by atoms with van der Waals surface area (Å²) >= 11 is 0. The third-order valence-corrected chi connectivity index (χ3v) is 3.67. The minimum Gasteiger partial charge on any atom is -0.373 e. The molecule has 0 N–H and O–H groups in total. The fraction of sp³-hybridized carbons (Fsp3) is 0.250. The molecule has 2 aromatic rings. The monoisotopic (exact) mass is 322 g/mol. The Hall–Kier alpha value is -3.34. The Balaban J connectivity index is 1.93. The Labute approximate surface area is 140 Å². The maximum Gasteiger partial charge on any atom is 0.0376 e. The molecule has 0 spiro atoms. The van der Waals surface area contributed by atoms with Gasteiger partial charge in [-0.05, 0) is 35.3 Å². The molecule has 122 valence electrons. The van der Waals surface area contributed by atoms with Crippen molar-refractivity contribution in [2.24, 2.45) is 10.2 Å². The van der Waals surface area contributed by atoms with Crippen LogP contribution in [0, 0.1) is 0 Å². The number of hydrogen-bond donors (Lipinski definition) is 0. The van der Waals surface area contributed by atoms with E-state index < -0.39 is 0 Å². The molecule has 0 aliphatic carbocycles. The van der Waals surface area contributed by atoms with Gasteiger partial charge >= 0.3 is 0 Å². The molecule has 0 heterocycles. The zero-order chi connectivity index (χ0) is 17.4. The highest BCUT2D eigenvalue weighted by molar-refractivity contribution is 5.54. The second kappa shape index (κ2) is 8.33. The van der Waals surface area contributed by atoms with Crippen LogP contribution in [0.2, 0.25) is 0 Å². The predicted octanol–water partition coefficient (Wildman–Crippen LogP) is 5.14. The van der Waals surface area contributed by atoms with Gasteiger partial charge in [-0.1, -0.05) is 34.5 Å². The van der Waals surface area contributed by atoms with Crippen LogP contribution in [0.25, 0.3) is 20.9 Å². The topological polar surface area (TPSA) is 104 Å². The molecule has 0 aromatic heterocycles. The lowest BCUT2D eigenvalue weighted by Gasteiger charge is -2.25. The van der Waals surface area contributed by atoms with E-state index in [0.29, 0.717) is 11.4 Å². The Morgan fingerprint density at radius 3 is 1.33 bits per heavy atom. The summed E-state index contributed by atoms with van der Waals surface area (Å²) in [5.41, 5.74) is 20.2. The molecule has 8 heteroatoms. The predicted molar refractivity (Wildman–Crippen MR) is 97.0 cm³/mol. The zero-order valence-corrected chi connectivity index (χ0v) is 13.6. The number of likely N-dealkylation sites (N-methyl/N-ethyl adjacent to an activating group) is 2. The number of azide groups is 2. The second-order valence-corrected chi connectivity index (χ2v) is 5.25. The van der Waals surface area contributed by atoms with Gasteiger partial charge in [0, 0.05) is 59.8 Å². The molecule has 0 saturated heterocycles. The zero-order valence-electron chi connectivity index (χ0n) is 13.6. The highest BCUT2D eigenvalue weighted by atomic mass is 15.2. The first-order chi connectivity index (χ1) is 11.6. The van der Waals surface area contributed by atoms with Gasteiger partial charge in [0.15, 0.2) is 0 Å². The summed E-state index contributed by atoms with van der Waals surface area (Å²) in [5, 5.41) is 7.13. The fourth-order valence-electron chi connectivity index (χ4n) is 2.21. The standard InChI is InChI=1S/C16H18N8/c1-23(15-7-3-13(4-8-15)19-21-17)11-12-24(2)16-9-5-14(6-10-16)20-22-18/h3-10H,11-12H2,1-2H3. The van der Waals surface area contributed by atoms with Gasteiger partial charge in [0.1, 0.15) is 0 Å². The number of hydrogen-bond acceptors (Lipinski definition) is 4. The molecule has 0 bridgehead atoms. The quantitative estimate of drug-likeness (QED) is 0.400. The summed E-state index contributed by atoms with van der Waals surface area (Å²) in [6.45, 7) is 1.66. The van der Waals surface area contributed by atoms with E-state index in [-0.39, 0.29) is 0 Å². The maximum atomic E-state index is 8.42. The lowest BCUT2D eigenvalue weighted by atomic mass is 10.2. The van der Waals surface area contributed by atoms with E-state index in [0.717, 1.165) is 24.5 Å². The molecule has 0 saturated carbocycles. The molecule has 0 aliphatic rings. The highest BCUT2D eigenvalue weighted by Gasteiger charge is 2.05. The van der Waals surface area contributed by atoms with Crippen LogP contribution in [0.3, 0.4) is 0 Å². The lowest BCUT2D eigenvalue weighted by Crippen LogP contribution is -2.30. The molecule has 0 amide bonds. The van der Waals surface area contributed by atoms with Crippen molar-refractivity contribution in [3.63, 3.8) is 0 Å². The average Bonchev–Trinajstić information content (AvgIpc) is 2.61. The van der Waals surface area contributed by atoms with Crippen LogP contribution in [0.1, 0.15) is 0 Å². The smallest absolute Gasteiger partial charge is 0.0376 e. The van der Waals surface area contributed by atoms with E-state index in [1.54, 1.807) is 24.3 Å². The van der Waals surface area contributed by atoms with Gasteiger partial charge in [-0.15, -0.1) is 0 Å². The number of benzene rings is 2. The van der Waals surface area contributed by atoms with Crippen molar-refractivity contribution in [3.05, 3.63) is 69.4 Å². The van der Waals surface area contributed by atoms with Crippen molar-refractivity contribution in [3.8, 4) is 0 Å². The van der Waals surface area contributed by atoms with Gasteiger partial charge in [-0.25, -0.2) is 0 Å². The Bertz CT molecular complexity index is 688. The van der Waals surface area contributed by atoms with E-state index >= 15 is 0 Å². The molecular formula is C16H18N8. The summed E-state index contributed by atoms with van der Waals surface area (Å²) in [6, 6.07) is 14.9. The molecule has 2 aromatic carbocycles. The number of nitrogens with zero attached hydrogens (tertiary/aromatic N) is 8. The van der Waals surface area contributed by atoms with Gasteiger partial charge in [-0.3, -0.25) is 0 Å². The van der Waals surface area contributed by atoms with Crippen LogP contribution in [0.15, 0.2) is 58.8 Å². The summed E-state index contributed by atoms with van der Waals surface area (Å²) in [7, 11) is 4.03. The molecule has 8 nitrogen and oxygen atoms in total. The summed E-state index contributed by atoms with van der Waals surface area (Å²) < 4.78 is 0. The summed E-state index contributed by atoms with van der Waals surface area (Å²) in [5.74, 6) is 0. The van der Waals surface area contributed by atoms with Gasteiger partial charge in [-0.2, -0.15) is 0 Å². The van der Waals surface area contributed by atoms with E-state index in [4.69, 9.17) is 11.1 Å². The first-order valence-electron chi connectivity index (χ1n) is 7.36. The minimum absolute atomic E-state index is 0.604. The number of anilines is 2. The van der Waals surface area contributed by atoms with Crippen LogP contribution in [-0.4, -0.2) is 27.2 Å². The van der Waals surface area contributed by atoms with Crippen molar-refractivity contribution in [2.75, 3.05) is 37.0 Å². The Morgan fingerprint density at radius 1 is 0.708 bits per heavy atom. The van der Waals surface area contributed by atoms with E-state index in [1.807, 2.05) is 38.4 Å². The van der Waals surface area contributed by atoms with Crippen molar-refractivity contribution in [2.45, 2.75) is 0 Å². The third-order valence-electron chi connectivity index (χ3n) is 3.67. The largest absolute Gasteiger partial charge is 0.373 e. The molecule has 0 fully saturated rings. The van der Waals surface area contributed by atoms with E-state index in [2.05, 4.69) is 29.9 Å². The molecule has 2 rings (SSSR count). The van der Waals surface area contributed by atoms with Gasteiger partial charge < -0.3 is 9.80 Å². The first kappa shape index (κ1) is 17.0. The highest BCUT2D eigenvalue weighted by Crippen LogP contribution is 2.21. The van der Waals surface area contributed by atoms with Crippen molar-refractivity contribution in [1.29, 1.82) is 0 Å². The number of rotatable bonds is 7. The molecule has 0 aliphatic heterocycles. The Kier molecular flexibility index (Phi) is 5.91. The van der Waals surface area contributed by atoms with Crippen LogP contribution < -0.4 is 9.80 Å². The normalized spacial score (nSPS) is 9.58. The second-order valence-electron chi connectivity index (χ2n) is 5.25. The maximum absolute atomic E-state index is 8.42.